The Hall–Kier alpha value is -1.82. The molecule has 1 saturated heterocycles. The van der Waals surface area contributed by atoms with E-state index in [1.165, 1.54) is 23.1 Å². The first-order valence-corrected chi connectivity index (χ1v) is 11.7. The minimum atomic E-state index is -0.131. The molecule has 1 aliphatic heterocycles. The molecule has 0 aliphatic carbocycles. The first-order valence-electron chi connectivity index (χ1n) is 9.06. The van der Waals surface area contributed by atoms with Crippen molar-refractivity contribution in [3.8, 4) is 10.7 Å². The first-order chi connectivity index (χ1) is 13.7. The molecule has 0 spiro atoms. The molecule has 28 heavy (non-hydrogen) atoms. The highest BCUT2D eigenvalue weighted by Gasteiger charge is 2.22. The maximum Gasteiger partial charge on any atom is 0.236 e. The molecule has 8 nitrogen and oxygen atoms in total. The number of hydrogen-bond acceptors (Lipinski definition) is 9. The summed E-state index contributed by atoms with van der Waals surface area (Å²) in [7, 11) is 0. The summed E-state index contributed by atoms with van der Waals surface area (Å²) >= 11 is 4.39. The summed E-state index contributed by atoms with van der Waals surface area (Å²) in [5.74, 6) is 0.924. The summed E-state index contributed by atoms with van der Waals surface area (Å²) < 4.78 is 7.87. The molecule has 1 amide bonds. The Bertz CT molecular complexity index is 917. The van der Waals surface area contributed by atoms with Crippen LogP contribution < -0.4 is 5.32 Å². The number of aryl methyl sites for hydroxylation is 1. The van der Waals surface area contributed by atoms with E-state index in [1.54, 1.807) is 11.3 Å². The van der Waals surface area contributed by atoms with Crippen molar-refractivity contribution in [3.63, 3.8) is 0 Å². The number of hydrogen-bond donors (Lipinski definition) is 1. The van der Waals surface area contributed by atoms with Crippen LogP contribution in [-0.4, -0.2) is 49.3 Å². The standard InChI is InChI=1S/C17H20N6O2S3/c1-2-14-19-21-16(28-14)18-13(24)10-27-17-22-20-15(12-6-4-8-26-12)23(17)9-11-5-3-7-25-11/h4,6,8,11H,2-3,5,7,9-10H2,1H3,(H,18,21,24). The molecule has 0 aromatic carbocycles. The van der Waals surface area contributed by atoms with Crippen LogP contribution in [0.15, 0.2) is 22.7 Å². The van der Waals surface area contributed by atoms with Crippen LogP contribution in [0.4, 0.5) is 5.13 Å². The highest BCUT2D eigenvalue weighted by molar-refractivity contribution is 7.99. The molecule has 1 N–H and O–H groups in total. The van der Waals surface area contributed by atoms with Crippen molar-refractivity contribution in [2.24, 2.45) is 0 Å². The maximum atomic E-state index is 12.3. The largest absolute Gasteiger partial charge is 0.376 e. The second kappa shape index (κ2) is 9.12. The zero-order chi connectivity index (χ0) is 19.3. The van der Waals surface area contributed by atoms with Crippen LogP contribution in [0.1, 0.15) is 24.8 Å². The molecular weight excluding hydrogens is 416 g/mol. The molecule has 0 bridgehead atoms. The average molecular weight is 437 g/mol. The third-order valence-corrected chi connectivity index (χ3v) is 7.03. The van der Waals surface area contributed by atoms with Gasteiger partial charge in [0.1, 0.15) is 5.01 Å². The number of amides is 1. The molecular formula is C17H20N6O2S3. The fourth-order valence-corrected chi connectivity index (χ4v) is 5.03. The van der Waals surface area contributed by atoms with E-state index < -0.39 is 0 Å². The SMILES string of the molecule is CCc1nnc(NC(=O)CSc2nnc(-c3cccs3)n2CC2CCCO2)s1. The lowest BCUT2D eigenvalue weighted by Gasteiger charge is -2.14. The van der Waals surface area contributed by atoms with Gasteiger partial charge in [-0.05, 0) is 30.7 Å². The Morgan fingerprint density at radius 3 is 3.04 bits per heavy atom. The Morgan fingerprint density at radius 2 is 2.32 bits per heavy atom. The molecule has 0 radical (unpaired) electrons. The number of ether oxygens (including phenoxy) is 1. The van der Waals surface area contributed by atoms with Crippen LogP contribution in [0, 0.1) is 0 Å². The van der Waals surface area contributed by atoms with Gasteiger partial charge < -0.3 is 4.74 Å². The van der Waals surface area contributed by atoms with Crippen molar-refractivity contribution in [2.45, 2.75) is 44.0 Å². The van der Waals surface area contributed by atoms with E-state index in [4.69, 9.17) is 4.74 Å². The average Bonchev–Trinajstić information content (AvgIpc) is 3.48. The van der Waals surface area contributed by atoms with Crippen LogP contribution in [0.25, 0.3) is 10.7 Å². The maximum absolute atomic E-state index is 12.3. The molecule has 1 unspecified atom stereocenters. The minimum Gasteiger partial charge on any atom is -0.376 e. The summed E-state index contributed by atoms with van der Waals surface area (Å²) in [6.45, 7) is 3.50. The topological polar surface area (TPSA) is 94.8 Å². The number of nitrogens with one attached hydrogen (secondary N) is 1. The number of aromatic nitrogens is 5. The van der Waals surface area contributed by atoms with E-state index in [0.717, 1.165) is 46.7 Å². The fourth-order valence-electron chi connectivity index (χ4n) is 2.87. The monoisotopic (exact) mass is 436 g/mol. The van der Waals surface area contributed by atoms with E-state index >= 15 is 0 Å². The molecule has 1 atom stereocenters. The van der Waals surface area contributed by atoms with E-state index in [2.05, 4.69) is 30.3 Å². The van der Waals surface area contributed by atoms with Crippen molar-refractivity contribution >= 4 is 45.5 Å². The second-order valence-corrected chi connectivity index (χ2v) is 9.17. The Labute approximate surface area is 174 Å². The number of anilines is 1. The third kappa shape index (κ3) is 4.59. The molecule has 4 rings (SSSR count). The van der Waals surface area contributed by atoms with Crippen LogP contribution in [0.2, 0.25) is 0 Å². The molecule has 1 aliphatic rings. The van der Waals surface area contributed by atoms with Gasteiger partial charge in [-0.3, -0.25) is 14.7 Å². The fraction of sp³-hybridized carbons (Fsp3) is 0.471. The highest BCUT2D eigenvalue weighted by Crippen LogP contribution is 2.29. The first kappa shape index (κ1) is 19.5. The van der Waals surface area contributed by atoms with Gasteiger partial charge in [0.15, 0.2) is 11.0 Å². The summed E-state index contributed by atoms with van der Waals surface area (Å²) in [6, 6.07) is 4.03. The molecule has 0 saturated carbocycles. The van der Waals surface area contributed by atoms with Crippen molar-refractivity contribution in [2.75, 3.05) is 17.7 Å². The van der Waals surface area contributed by atoms with E-state index in [0.29, 0.717) is 11.7 Å². The normalized spacial score (nSPS) is 16.5. The number of rotatable bonds is 8. The Morgan fingerprint density at radius 1 is 1.39 bits per heavy atom. The van der Waals surface area contributed by atoms with E-state index in [9.17, 15) is 4.79 Å². The number of carbonyl (C=O) groups excluding carboxylic acids is 1. The Balaban J connectivity index is 1.45. The lowest BCUT2D eigenvalue weighted by molar-refractivity contribution is -0.113. The molecule has 11 heteroatoms. The summed E-state index contributed by atoms with van der Waals surface area (Å²) in [6.07, 6.45) is 3.08. The van der Waals surface area contributed by atoms with Crippen molar-refractivity contribution < 1.29 is 9.53 Å². The van der Waals surface area contributed by atoms with Gasteiger partial charge in [-0.15, -0.1) is 31.7 Å². The van der Waals surface area contributed by atoms with Gasteiger partial charge in [-0.25, -0.2) is 0 Å². The van der Waals surface area contributed by atoms with Gasteiger partial charge in [0.2, 0.25) is 11.0 Å². The van der Waals surface area contributed by atoms with Gasteiger partial charge >= 0.3 is 0 Å². The van der Waals surface area contributed by atoms with Crippen LogP contribution >= 0.6 is 34.4 Å². The zero-order valence-corrected chi connectivity index (χ0v) is 17.8. The van der Waals surface area contributed by atoms with Crippen molar-refractivity contribution in [1.29, 1.82) is 0 Å². The summed E-state index contributed by atoms with van der Waals surface area (Å²) in [4.78, 5) is 13.4. The highest BCUT2D eigenvalue weighted by atomic mass is 32.2. The van der Waals surface area contributed by atoms with Gasteiger partial charge in [0.05, 0.1) is 23.3 Å². The molecule has 3 aromatic heterocycles. The lowest BCUT2D eigenvalue weighted by Crippen LogP contribution is -2.18. The summed E-state index contributed by atoms with van der Waals surface area (Å²) in [5.41, 5.74) is 0. The van der Waals surface area contributed by atoms with E-state index in [1.807, 2.05) is 24.4 Å². The quantitative estimate of drug-likeness (QED) is 0.541. The van der Waals surface area contributed by atoms with Crippen LogP contribution in [0.3, 0.4) is 0 Å². The molecule has 1 fully saturated rings. The minimum absolute atomic E-state index is 0.131. The third-order valence-electron chi connectivity index (χ3n) is 4.22. The van der Waals surface area contributed by atoms with Gasteiger partial charge in [0, 0.05) is 6.61 Å². The Kier molecular flexibility index (Phi) is 6.35. The summed E-state index contributed by atoms with van der Waals surface area (Å²) in [5, 5.41) is 23.7. The molecule has 4 heterocycles. The number of carbonyl (C=O) groups is 1. The van der Waals surface area contributed by atoms with E-state index in [-0.39, 0.29) is 17.8 Å². The van der Waals surface area contributed by atoms with Crippen molar-refractivity contribution in [3.05, 3.63) is 22.5 Å². The van der Waals surface area contributed by atoms with Gasteiger partial charge in [-0.1, -0.05) is 36.1 Å². The zero-order valence-electron chi connectivity index (χ0n) is 15.3. The predicted molar refractivity (Wildman–Crippen MR) is 111 cm³/mol. The molecule has 148 valence electrons. The van der Waals surface area contributed by atoms with Gasteiger partial charge in [0.25, 0.3) is 0 Å². The number of thiophene rings is 1. The second-order valence-electron chi connectivity index (χ2n) is 6.22. The van der Waals surface area contributed by atoms with Crippen LogP contribution in [0.5, 0.6) is 0 Å². The molecule has 3 aromatic rings. The van der Waals surface area contributed by atoms with Crippen molar-refractivity contribution in [1.82, 2.24) is 25.0 Å². The number of nitrogens with zero attached hydrogens (tertiary/aromatic N) is 5. The smallest absolute Gasteiger partial charge is 0.236 e. The lowest BCUT2D eigenvalue weighted by atomic mass is 10.2. The van der Waals surface area contributed by atoms with Gasteiger partial charge in [-0.2, -0.15) is 0 Å². The van der Waals surface area contributed by atoms with Crippen LogP contribution in [-0.2, 0) is 22.5 Å². The predicted octanol–water partition coefficient (Wildman–Crippen LogP) is 3.33. The number of thioether (sulfide) groups is 1.